The Bertz CT molecular complexity index is 855. The highest BCUT2D eigenvalue weighted by molar-refractivity contribution is 5.79. The van der Waals surface area contributed by atoms with Crippen LogP contribution in [0.4, 0.5) is 5.82 Å². The average molecular weight is 297 g/mol. The number of nitroso groups, excluding NO2 is 1. The van der Waals surface area contributed by atoms with Crippen LogP contribution in [0.5, 0.6) is 11.5 Å². The Kier molecular flexibility index (Phi) is 3.50. The van der Waals surface area contributed by atoms with Crippen molar-refractivity contribution in [2.24, 2.45) is 5.18 Å². The van der Waals surface area contributed by atoms with Crippen molar-refractivity contribution in [3.63, 3.8) is 0 Å². The number of nitrogens with zero attached hydrogens (tertiary/aromatic N) is 3. The number of hydrogen-bond donors (Lipinski definition) is 0. The van der Waals surface area contributed by atoms with Gasteiger partial charge in [-0.2, -0.15) is 0 Å². The van der Waals surface area contributed by atoms with E-state index >= 15 is 0 Å². The van der Waals surface area contributed by atoms with Gasteiger partial charge in [0, 0.05) is 17.8 Å². The van der Waals surface area contributed by atoms with E-state index in [1.165, 1.54) is 0 Å². The van der Waals surface area contributed by atoms with Gasteiger partial charge in [-0.3, -0.25) is 4.40 Å². The Morgan fingerprint density at radius 1 is 1.14 bits per heavy atom. The van der Waals surface area contributed by atoms with Crippen molar-refractivity contribution in [2.45, 2.75) is 6.92 Å². The maximum atomic E-state index is 11.3. The van der Waals surface area contributed by atoms with E-state index in [9.17, 15) is 4.91 Å². The summed E-state index contributed by atoms with van der Waals surface area (Å²) in [5, 5.41) is 3.15. The molecule has 0 unspecified atom stereocenters. The average Bonchev–Trinajstić information content (AvgIpc) is 2.91. The van der Waals surface area contributed by atoms with Crippen molar-refractivity contribution in [1.82, 2.24) is 9.38 Å². The molecule has 0 aliphatic carbocycles. The molecule has 3 rings (SSSR count). The van der Waals surface area contributed by atoms with Gasteiger partial charge < -0.3 is 9.47 Å². The summed E-state index contributed by atoms with van der Waals surface area (Å²) in [6, 6.07) is 9.15. The van der Waals surface area contributed by atoms with Crippen LogP contribution in [-0.4, -0.2) is 23.6 Å². The first-order valence-corrected chi connectivity index (χ1v) is 6.72. The topological polar surface area (TPSA) is 65.2 Å². The molecule has 0 aliphatic heterocycles. The molecule has 2 heterocycles. The predicted octanol–water partition coefficient (Wildman–Crippen LogP) is 3.72. The van der Waals surface area contributed by atoms with Crippen molar-refractivity contribution >= 4 is 11.5 Å². The van der Waals surface area contributed by atoms with Crippen LogP contribution in [0, 0.1) is 11.8 Å². The molecular formula is C16H15N3O3. The van der Waals surface area contributed by atoms with Gasteiger partial charge in [0.15, 0.2) is 0 Å². The minimum Gasteiger partial charge on any atom is -0.497 e. The number of rotatable bonds is 4. The zero-order valence-electron chi connectivity index (χ0n) is 12.5. The van der Waals surface area contributed by atoms with Gasteiger partial charge in [-0.05, 0) is 41.9 Å². The van der Waals surface area contributed by atoms with Gasteiger partial charge in [0.05, 0.1) is 14.2 Å². The zero-order valence-corrected chi connectivity index (χ0v) is 12.5. The summed E-state index contributed by atoms with van der Waals surface area (Å²) in [4.78, 5) is 15.8. The van der Waals surface area contributed by atoms with Gasteiger partial charge in [0.25, 0.3) is 0 Å². The lowest BCUT2D eigenvalue weighted by molar-refractivity contribution is 0.395. The Morgan fingerprint density at radius 3 is 2.64 bits per heavy atom. The second-order valence-electron chi connectivity index (χ2n) is 4.87. The van der Waals surface area contributed by atoms with E-state index in [1.807, 2.05) is 19.1 Å². The summed E-state index contributed by atoms with van der Waals surface area (Å²) in [6.45, 7) is 1.97. The summed E-state index contributed by atoms with van der Waals surface area (Å²) < 4.78 is 12.2. The first kappa shape index (κ1) is 14.1. The predicted molar refractivity (Wildman–Crippen MR) is 83.9 cm³/mol. The van der Waals surface area contributed by atoms with E-state index in [-0.39, 0.29) is 5.82 Å². The van der Waals surface area contributed by atoms with Gasteiger partial charge in [-0.25, -0.2) is 4.98 Å². The Balaban J connectivity index is 2.27. The molecule has 2 aromatic heterocycles. The SMILES string of the molecule is COc1ccc(-c2nc3cc(C)ccn3c2N=O)c(OC)c1. The standard InChI is InChI=1S/C16H15N3O3/c1-10-6-7-19-14(8-10)17-15(16(19)18-20)12-5-4-11(21-2)9-13(12)22-3/h4-9H,1-3H3. The Morgan fingerprint density at radius 2 is 1.95 bits per heavy atom. The third-order valence-corrected chi connectivity index (χ3v) is 3.51. The fourth-order valence-corrected chi connectivity index (χ4v) is 2.40. The molecule has 1 aromatic carbocycles. The van der Waals surface area contributed by atoms with Gasteiger partial charge in [-0.1, -0.05) is 0 Å². The lowest BCUT2D eigenvalue weighted by atomic mass is 10.1. The highest BCUT2D eigenvalue weighted by atomic mass is 16.5. The molecule has 0 atom stereocenters. The van der Waals surface area contributed by atoms with Crippen LogP contribution in [0.1, 0.15) is 5.56 Å². The molecule has 0 bridgehead atoms. The third kappa shape index (κ3) is 2.18. The lowest BCUT2D eigenvalue weighted by Gasteiger charge is -2.08. The van der Waals surface area contributed by atoms with E-state index in [1.54, 1.807) is 43.0 Å². The Labute approximate surface area is 127 Å². The molecule has 0 saturated carbocycles. The Hall–Kier alpha value is -2.89. The first-order valence-electron chi connectivity index (χ1n) is 6.72. The van der Waals surface area contributed by atoms with Gasteiger partial charge in [-0.15, -0.1) is 4.91 Å². The van der Waals surface area contributed by atoms with Crippen molar-refractivity contribution in [3.05, 3.63) is 47.0 Å². The van der Waals surface area contributed by atoms with Crippen molar-refractivity contribution in [2.75, 3.05) is 14.2 Å². The van der Waals surface area contributed by atoms with Crippen molar-refractivity contribution in [3.8, 4) is 22.8 Å². The third-order valence-electron chi connectivity index (χ3n) is 3.51. The molecule has 0 saturated heterocycles. The van der Waals surface area contributed by atoms with Crippen LogP contribution < -0.4 is 9.47 Å². The van der Waals surface area contributed by atoms with Crippen molar-refractivity contribution in [1.29, 1.82) is 0 Å². The molecule has 112 valence electrons. The summed E-state index contributed by atoms with van der Waals surface area (Å²) in [5.74, 6) is 1.49. The van der Waals surface area contributed by atoms with Crippen molar-refractivity contribution < 1.29 is 9.47 Å². The highest BCUT2D eigenvalue weighted by Gasteiger charge is 2.18. The van der Waals surface area contributed by atoms with Crippen LogP contribution in [0.3, 0.4) is 0 Å². The second kappa shape index (κ2) is 5.48. The van der Waals surface area contributed by atoms with Crippen LogP contribution in [-0.2, 0) is 0 Å². The summed E-state index contributed by atoms with van der Waals surface area (Å²) in [5.41, 5.74) is 2.91. The highest BCUT2D eigenvalue weighted by Crippen LogP contribution is 2.38. The summed E-state index contributed by atoms with van der Waals surface area (Å²) in [6.07, 6.45) is 1.79. The molecule has 0 fully saturated rings. The van der Waals surface area contributed by atoms with E-state index in [4.69, 9.17) is 9.47 Å². The largest absolute Gasteiger partial charge is 0.497 e. The molecule has 0 spiro atoms. The molecule has 22 heavy (non-hydrogen) atoms. The lowest BCUT2D eigenvalue weighted by Crippen LogP contribution is -1.90. The van der Waals surface area contributed by atoms with Crippen LogP contribution >= 0.6 is 0 Å². The minimum absolute atomic E-state index is 0.249. The number of imidazole rings is 1. The minimum atomic E-state index is 0.249. The molecule has 0 N–H and O–H groups in total. The monoisotopic (exact) mass is 297 g/mol. The van der Waals surface area contributed by atoms with Crippen LogP contribution in [0.25, 0.3) is 16.9 Å². The van der Waals surface area contributed by atoms with E-state index in [2.05, 4.69) is 10.2 Å². The fraction of sp³-hybridized carbons (Fsp3) is 0.188. The zero-order chi connectivity index (χ0) is 15.7. The maximum absolute atomic E-state index is 11.3. The summed E-state index contributed by atoms with van der Waals surface area (Å²) >= 11 is 0. The van der Waals surface area contributed by atoms with Gasteiger partial charge >= 0.3 is 0 Å². The number of fused-ring (bicyclic) bond motifs is 1. The number of aryl methyl sites for hydroxylation is 1. The number of methoxy groups -OCH3 is 2. The van der Waals surface area contributed by atoms with Gasteiger partial charge in [0.1, 0.15) is 22.8 Å². The second-order valence-corrected chi connectivity index (χ2v) is 4.87. The van der Waals surface area contributed by atoms with E-state index < -0.39 is 0 Å². The quantitative estimate of drug-likeness (QED) is 0.688. The fourth-order valence-electron chi connectivity index (χ4n) is 2.40. The first-order chi connectivity index (χ1) is 10.7. The normalized spacial score (nSPS) is 10.7. The van der Waals surface area contributed by atoms with Crippen LogP contribution in [0.15, 0.2) is 41.7 Å². The summed E-state index contributed by atoms with van der Waals surface area (Å²) in [7, 11) is 3.15. The maximum Gasteiger partial charge on any atom is 0.209 e. The molecule has 0 radical (unpaired) electrons. The molecule has 0 amide bonds. The van der Waals surface area contributed by atoms with Gasteiger partial charge in [0.2, 0.25) is 5.82 Å². The van der Waals surface area contributed by atoms with E-state index in [0.29, 0.717) is 28.4 Å². The van der Waals surface area contributed by atoms with E-state index in [0.717, 1.165) is 5.56 Å². The molecule has 3 aromatic rings. The number of benzene rings is 1. The smallest absolute Gasteiger partial charge is 0.209 e. The molecule has 0 aliphatic rings. The number of hydrogen-bond acceptors (Lipinski definition) is 5. The number of aromatic nitrogens is 2. The number of pyridine rings is 1. The molecule has 6 heteroatoms. The number of ether oxygens (including phenoxy) is 2. The molecule has 6 nitrogen and oxygen atoms in total. The molecular weight excluding hydrogens is 282 g/mol. The van der Waals surface area contributed by atoms with Crippen LogP contribution in [0.2, 0.25) is 0 Å².